The van der Waals surface area contributed by atoms with Crippen molar-refractivity contribution in [2.24, 2.45) is 11.7 Å². The summed E-state index contributed by atoms with van der Waals surface area (Å²) in [6, 6.07) is 8.02. The predicted molar refractivity (Wildman–Crippen MR) is 56.9 cm³/mol. The summed E-state index contributed by atoms with van der Waals surface area (Å²) in [4.78, 5) is 11.0. The predicted octanol–water partition coefficient (Wildman–Crippen LogP) is 0.582. The molecular formula is C10H13NO3S. The molecule has 0 spiro atoms. The minimum absolute atomic E-state index is 0.220. The normalized spacial score (nSPS) is 13.4. The number of benzene rings is 1. The molecule has 1 rings (SSSR count). The van der Waals surface area contributed by atoms with Gasteiger partial charge in [0.1, 0.15) is 0 Å². The number of sulfone groups is 1. The average molecular weight is 227 g/mol. The fraction of sp³-hybridized carbons (Fsp3) is 0.300. The van der Waals surface area contributed by atoms with Gasteiger partial charge >= 0.3 is 0 Å². The Morgan fingerprint density at radius 1 is 1.33 bits per heavy atom. The van der Waals surface area contributed by atoms with E-state index in [1.54, 1.807) is 18.2 Å². The van der Waals surface area contributed by atoms with Crippen molar-refractivity contribution in [2.45, 2.75) is 11.8 Å². The summed E-state index contributed by atoms with van der Waals surface area (Å²) >= 11 is 0. The standard InChI is InChI=1S/C10H13NO3S/c1-8(10(11)12)7-15(13,14)9-5-3-2-4-6-9/h2-6,8H,7H2,1H3,(H2,11,12). The first-order valence-corrected chi connectivity index (χ1v) is 6.16. The van der Waals surface area contributed by atoms with Gasteiger partial charge in [-0.2, -0.15) is 0 Å². The third-order valence-electron chi connectivity index (χ3n) is 2.06. The van der Waals surface area contributed by atoms with Crippen LogP contribution in [0.25, 0.3) is 0 Å². The minimum Gasteiger partial charge on any atom is -0.369 e. The Balaban J connectivity index is 2.91. The first-order chi connectivity index (χ1) is 6.93. The van der Waals surface area contributed by atoms with Gasteiger partial charge in [-0.25, -0.2) is 8.42 Å². The highest BCUT2D eigenvalue weighted by Crippen LogP contribution is 2.13. The fourth-order valence-electron chi connectivity index (χ4n) is 1.14. The Bertz CT molecular complexity index is 439. The third-order valence-corrected chi connectivity index (χ3v) is 3.99. The van der Waals surface area contributed by atoms with E-state index < -0.39 is 21.7 Å². The van der Waals surface area contributed by atoms with Crippen LogP contribution in [0.2, 0.25) is 0 Å². The van der Waals surface area contributed by atoms with Gasteiger partial charge in [-0.1, -0.05) is 25.1 Å². The van der Waals surface area contributed by atoms with E-state index in [0.717, 1.165) is 0 Å². The van der Waals surface area contributed by atoms with Gasteiger partial charge in [-0.3, -0.25) is 4.79 Å². The summed E-state index contributed by atoms with van der Waals surface area (Å²) < 4.78 is 23.5. The largest absolute Gasteiger partial charge is 0.369 e. The Labute approximate surface area is 89.0 Å². The summed E-state index contributed by atoms with van der Waals surface area (Å²) in [6.45, 7) is 1.50. The maximum Gasteiger partial charge on any atom is 0.221 e. The zero-order chi connectivity index (χ0) is 11.5. The molecule has 2 N–H and O–H groups in total. The molecule has 0 aliphatic rings. The van der Waals surface area contributed by atoms with Crippen LogP contribution in [-0.4, -0.2) is 20.1 Å². The molecule has 0 heterocycles. The Hall–Kier alpha value is -1.36. The van der Waals surface area contributed by atoms with Gasteiger partial charge in [0, 0.05) is 5.92 Å². The van der Waals surface area contributed by atoms with E-state index in [1.165, 1.54) is 19.1 Å². The van der Waals surface area contributed by atoms with Crippen LogP contribution in [-0.2, 0) is 14.6 Å². The maximum absolute atomic E-state index is 11.7. The smallest absolute Gasteiger partial charge is 0.221 e. The number of carbonyl (C=O) groups excluding carboxylic acids is 1. The number of hydrogen-bond acceptors (Lipinski definition) is 3. The molecular weight excluding hydrogens is 214 g/mol. The van der Waals surface area contributed by atoms with Gasteiger partial charge in [0.25, 0.3) is 0 Å². The van der Waals surface area contributed by atoms with Gasteiger partial charge in [0.05, 0.1) is 10.6 Å². The lowest BCUT2D eigenvalue weighted by Gasteiger charge is -2.08. The van der Waals surface area contributed by atoms with E-state index in [0.29, 0.717) is 0 Å². The molecule has 0 fully saturated rings. The molecule has 0 radical (unpaired) electrons. The van der Waals surface area contributed by atoms with Gasteiger partial charge < -0.3 is 5.73 Å². The summed E-state index contributed by atoms with van der Waals surface area (Å²) in [5, 5.41) is 0. The van der Waals surface area contributed by atoms with Crippen LogP contribution in [0, 0.1) is 5.92 Å². The van der Waals surface area contributed by atoms with E-state index in [9.17, 15) is 13.2 Å². The topological polar surface area (TPSA) is 77.2 Å². The third kappa shape index (κ3) is 3.06. The fourth-order valence-corrected chi connectivity index (χ4v) is 2.72. The molecule has 82 valence electrons. The summed E-state index contributed by atoms with van der Waals surface area (Å²) in [6.07, 6.45) is 0. The Morgan fingerprint density at radius 3 is 2.33 bits per heavy atom. The van der Waals surface area contributed by atoms with E-state index >= 15 is 0 Å². The van der Waals surface area contributed by atoms with Crippen molar-refractivity contribution in [1.82, 2.24) is 0 Å². The molecule has 0 saturated carbocycles. The SMILES string of the molecule is CC(CS(=O)(=O)c1ccccc1)C(N)=O. The number of primary amides is 1. The van der Waals surface area contributed by atoms with Crippen LogP contribution < -0.4 is 5.73 Å². The molecule has 15 heavy (non-hydrogen) atoms. The number of carbonyl (C=O) groups is 1. The zero-order valence-corrected chi connectivity index (χ0v) is 9.20. The van der Waals surface area contributed by atoms with Crippen molar-refractivity contribution in [3.05, 3.63) is 30.3 Å². The van der Waals surface area contributed by atoms with Crippen molar-refractivity contribution in [3.8, 4) is 0 Å². The molecule has 0 bridgehead atoms. The van der Waals surface area contributed by atoms with Gasteiger partial charge in [-0.05, 0) is 12.1 Å². The lowest BCUT2D eigenvalue weighted by molar-refractivity contribution is -0.120. The van der Waals surface area contributed by atoms with Crippen LogP contribution in [0.15, 0.2) is 35.2 Å². The van der Waals surface area contributed by atoms with Gasteiger partial charge in [0.15, 0.2) is 9.84 Å². The molecule has 1 unspecified atom stereocenters. The van der Waals surface area contributed by atoms with Crippen LogP contribution in [0.1, 0.15) is 6.92 Å². The second kappa shape index (κ2) is 4.44. The lowest BCUT2D eigenvalue weighted by Crippen LogP contribution is -2.27. The van der Waals surface area contributed by atoms with E-state index in [2.05, 4.69) is 0 Å². The van der Waals surface area contributed by atoms with E-state index in [1.807, 2.05) is 0 Å². The van der Waals surface area contributed by atoms with Gasteiger partial charge in [0.2, 0.25) is 5.91 Å². The average Bonchev–Trinajstić information content (AvgIpc) is 2.18. The molecule has 4 nitrogen and oxygen atoms in total. The molecule has 0 aromatic heterocycles. The molecule has 0 saturated heterocycles. The number of nitrogens with two attached hydrogens (primary N) is 1. The first kappa shape index (κ1) is 11.7. The molecule has 5 heteroatoms. The quantitative estimate of drug-likeness (QED) is 0.817. The molecule has 1 aromatic carbocycles. The first-order valence-electron chi connectivity index (χ1n) is 4.50. The lowest BCUT2D eigenvalue weighted by atomic mass is 10.2. The van der Waals surface area contributed by atoms with Crippen molar-refractivity contribution < 1.29 is 13.2 Å². The van der Waals surface area contributed by atoms with Crippen molar-refractivity contribution >= 4 is 15.7 Å². The summed E-state index contributed by atoms with van der Waals surface area (Å²) in [5.41, 5.74) is 5.02. The van der Waals surface area contributed by atoms with Crippen molar-refractivity contribution in [1.29, 1.82) is 0 Å². The highest BCUT2D eigenvalue weighted by molar-refractivity contribution is 7.91. The van der Waals surface area contributed by atoms with Gasteiger partial charge in [-0.15, -0.1) is 0 Å². The maximum atomic E-state index is 11.7. The van der Waals surface area contributed by atoms with Crippen molar-refractivity contribution in [2.75, 3.05) is 5.75 Å². The molecule has 0 aliphatic heterocycles. The summed E-state index contributed by atoms with van der Waals surface area (Å²) in [5.74, 6) is -1.52. The number of hydrogen-bond donors (Lipinski definition) is 1. The second-order valence-electron chi connectivity index (χ2n) is 3.40. The van der Waals surface area contributed by atoms with Crippen LogP contribution >= 0.6 is 0 Å². The molecule has 0 aliphatic carbocycles. The zero-order valence-electron chi connectivity index (χ0n) is 8.38. The molecule has 1 aromatic rings. The molecule has 1 amide bonds. The number of amides is 1. The van der Waals surface area contributed by atoms with Crippen LogP contribution in [0.3, 0.4) is 0 Å². The monoisotopic (exact) mass is 227 g/mol. The minimum atomic E-state index is -3.41. The van der Waals surface area contributed by atoms with E-state index in [4.69, 9.17) is 5.73 Å². The Kier molecular flexibility index (Phi) is 3.47. The number of rotatable bonds is 4. The Morgan fingerprint density at radius 2 is 1.87 bits per heavy atom. The molecule has 1 atom stereocenters. The van der Waals surface area contributed by atoms with E-state index in [-0.39, 0.29) is 10.6 Å². The van der Waals surface area contributed by atoms with Crippen LogP contribution in [0.5, 0.6) is 0 Å². The van der Waals surface area contributed by atoms with Crippen LogP contribution in [0.4, 0.5) is 0 Å². The second-order valence-corrected chi connectivity index (χ2v) is 5.43. The summed E-state index contributed by atoms with van der Waals surface area (Å²) in [7, 11) is -3.41. The highest BCUT2D eigenvalue weighted by atomic mass is 32.2. The highest BCUT2D eigenvalue weighted by Gasteiger charge is 2.21. The van der Waals surface area contributed by atoms with Crippen molar-refractivity contribution in [3.63, 3.8) is 0 Å².